The minimum atomic E-state index is -1.05. The monoisotopic (exact) mass is 334 g/mol. The van der Waals surface area contributed by atoms with E-state index < -0.39 is 23.6 Å². The molecular formula is C17H22N2O5. The van der Waals surface area contributed by atoms with Gasteiger partial charge in [0.1, 0.15) is 0 Å². The van der Waals surface area contributed by atoms with Crippen LogP contribution in [-0.4, -0.2) is 43.5 Å². The summed E-state index contributed by atoms with van der Waals surface area (Å²) in [6.07, 6.45) is 1.69. The highest BCUT2D eigenvalue weighted by Gasteiger charge is 2.25. The number of rotatable bonds is 2. The summed E-state index contributed by atoms with van der Waals surface area (Å²) < 4.78 is 11.0. The molecular weight excluding hydrogens is 312 g/mol. The summed E-state index contributed by atoms with van der Waals surface area (Å²) in [5, 5.41) is 2.62. The van der Waals surface area contributed by atoms with Crippen LogP contribution in [-0.2, 0) is 25.7 Å². The molecule has 7 heteroatoms. The second-order valence-electron chi connectivity index (χ2n) is 5.57. The Labute approximate surface area is 140 Å². The number of carbonyl (C=O) groups excluding carboxylic acids is 3. The predicted octanol–water partition coefficient (Wildman–Crippen LogP) is 0.556. The molecule has 7 nitrogen and oxygen atoms in total. The summed E-state index contributed by atoms with van der Waals surface area (Å²) in [5.74, 6) is -2.25. The standard InChI is InChI=1S/C17H22N2O5/c18-16(21)15(20)14-7-3-4-8-23-9-10-24-11-12-5-1-2-6-13(12)17(22)19-14/h1-2,5-6,14H,3-4,7-11H2,(H2,18,21)(H,19,22)/t14-/m0/s1. The van der Waals surface area contributed by atoms with Gasteiger partial charge in [-0.3, -0.25) is 14.4 Å². The van der Waals surface area contributed by atoms with Gasteiger partial charge in [0.05, 0.1) is 25.9 Å². The molecule has 24 heavy (non-hydrogen) atoms. The van der Waals surface area contributed by atoms with E-state index in [9.17, 15) is 14.4 Å². The number of fused-ring (bicyclic) bond motifs is 1. The maximum absolute atomic E-state index is 12.5. The van der Waals surface area contributed by atoms with Gasteiger partial charge in [-0.2, -0.15) is 0 Å². The van der Waals surface area contributed by atoms with E-state index in [2.05, 4.69) is 5.32 Å². The quantitative estimate of drug-likeness (QED) is 0.768. The number of nitrogens with two attached hydrogens (primary N) is 1. The molecule has 1 aromatic rings. The number of benzene rings is 1. The van der Waals surface area contributed by atoms with E-state index in [1.54, 1.807) is 24.3 Å². The molecule has 1 heterocycles. The number of ketones is 1. The van der Waals surface area contributed by atoms with Crippen LogP contribution in [0.2, 0.25) is 0 Å². The van der Waals surface area contributed by atoms with Gasteiger partial charge in [-0.05, 0) is 30.9 Å². The Morgan fingerprint density at radius 3 is 2.62 bits per heavy atom. The minimum absolute atomic E-state index is 0.265. The molecule has 0 unspecified atom stereocenters. The van der Waals surface area contributed by atoms with Gasteiger partial charge >= 0.3 is 0 Å². The van der Waals surface area contributed by atoms with Gasteiger partial charge in [0.25, 0.3) is 11.8 Å². The van der Waals surface area contributed by atoms with Crippen molar-refractivity contribution in [3.63, 3.8) is 0 Å². The molecule has 3 N–H and O–H groups in total. The fourth-order valence-corrected chi connectivity index (χ4v) is 2.50. The van der Waals surface area contributed by atoms with Gasteiger partial charge in [0, 0.05) is 12.2 Å². The molecule has 0 radical (unpaired) electrons. The zero-order valence-electron chi connectivity index (χ0n) is 13.5. The Bertz CT molecular complexity index is 602. The molecule has 130 valence electrons. The van der Waals surface area contributed by atoms with Crippen molar-refractivity contribution in [1.82, 2.24) is 5.32 Å². The number of carbonyl (C=O) groups is 3. The molecule has 0 aliphatic carbocycles. The lowest BCUT2D eigenvalue weighted by Gasteiger charge is -2.18. The van der Waals surface area contributed by atoms with Crippen LogP contribution in [0.4, 0.5) is 0 Å². The van der Waals surface area contributed by atoms with Gasteiger partial charge in [-0.1, -0.05) is 18.2 Å². The second kappa shape index (κ2) is 9.14. The van der Waals surface area contributed by atoms with Gasteiger partial charge in [0.2, 0.25) is 5.78 Å². The van der Waals surface area contributed by atoms with Crippen molar-refractivity contribution in [3.05, 3.63) is 35.4 Å². The third-order valence-corrected chi connectivity index (χ3v) is 3.79. The van der Waals surface area contributed by atoms with E-state index in [1.165, 1.54) is 0 Å². The van der Waals surface area contributed by atoms with Crippen LogP contribution >= 0.6 is 0 Å². The highest BCUT2D eigenvalue weighted by Crippen LogP contribution is 2.12. The highest BCUT2D eigenvalue weighted by atomic mass is 16.5. The third kappa shape index (κ3) is 5.14. The first kappa shape index (κ1) is 18.1. The molecule has 0 fully saturated rings. The summed E-state index contributed by atoms with van der Waals surface area (Å²) in [6.45, 7) is 1.71. The average Bonchev–Trinajstić information content (AvgIpc) is 2.58. The maximum atomic E-state index is 12.5. The Morgan fingerprint density at radius 1 is 1.08 bits per heavy atom. The highest BCUT2D eigenvalue weighted by molar-refractivity contribution is 6.38. The SMILES string of the molecule is NC(=O)C(=O)[C@@H]1CCCCOCCOCc2ccccc2C(=O)N1. The van der Waals surface area contributed by atoms with E-state index in [0.717, 1.165) is 6.42 Å². The number of nitrogens with one attached hydrogen (secondary N) is 1. The molecule has 2 rings (SSSR count). The molecule has 2 amide bonds. The summed E-state index contributed by atoms with van der Waals surface area (Å²) >= 11 is 0. The lowest BCUT2D eigenvalue weighted by molar-refractivity contribution is -0.137. The molecule has 0 saturated carbocycles. The van der Waals surface area contributed by atoms with E-state index in [4.69, 9.17) is 15.2 Å². The fraction of sp³-hybridized carbons (Fsp3) is 0.471. The fourth-order valence-electron chi connectivity index (χ4n) is 2.50. The Hall–Kier alpha value is -2.25. The molecule has 0 saturated heterocycles. The second-order valence-corrected chi connectivity index (χ2v) is 5.57. The van der Waals surface area contributed by atoms with Gasteiger partial charge in [0.15, 0.2) is 0 Å². The van der Waals surface area contributed by atoms with Crippen LogP contribution in [0.15, 0.2) is 24.3 Å². The third-order valence-electron chi connectivity index (χ3n) is 3.79. The average molecular weight is 334 g/mol. The van der Waals surface area contributed by atoms with Crippen molar-refractivity contribution in [2.24, 2.45) is 5.73 Å². The topological polar surface area (TPSA) is 108 Å². The number of hydrogen-bond donors (Lipinski definition) is 2. The van der Waals surface area contributed by atoms with Crippen LogP contribution in [0, 0.1) is 0 Å². The maximum Gasteiger partial charge on any atom is 0.287 e. The molecule has 1 aliphatic rings. The van der Waals surface area contributed by atoms with Gasteiger partial charge in [-0.25, -0.2) is 0 Å². The van der Waals surface area contributed by atoms with Gasteiger partial charge < -0.3 is 20.5 Å². The van der Waals surface area contributed by atoms with E-state index in [1.807, 2.05) is 0 Å². The largest absolute Gasteiger partial charge is 0.379 e. The van der Waals surface area contributed by atoms with E-state index in [0.29, 0.717) is 43.8 Å². The summed E-state index contributed by atoms with van der Waals surface area (Å²) in [7, 11) is 0. The van der Waals surface area contributed by atoms with Crippen LogP contribution in [0.3, 0.4) is 0 Å². The first-order chi connectivity index (χ1) is 11.6. The molecule has 0 spiro atoms. The van der Waals surface area contributed by atoms with Crippen LogP contribution in [0.25, 0.3) is 0 Å². The number of primary amides is 1. The number of amides is 2. The van der Waals surface area contributed by atoms with Crippen LogP contribution in [0.5, 0.6) is 0 Å². The van der Waals surface area contributed by atoms with Crippen molar-refractivity contribution < 1.29 is 23.9 Å². The normalized spacial score (nSPS) is 20.3. The molecule has 1 aromatic carbocycles. The van der Waals surface area contributed by atoms with Crippen LogP contribution in [0.1, 0.15) is 35.2 Å². The minimum Gasteiger partial charge on any atom is -0.379 e. The zero-order chi connectivity index (χ0) is 17.4. The van der Waals surface area contributed by atoms with Gasteiger partial charge in [-0.15, -0.1) is 0 Å². The van der Waals surface area contributed by atoms with Crippen molar-refractivity contribution in [1.29, 1.82) is 0 Å². The number of ether oxygens (including phenoxy) is 2. The van der Waals surface area contributed by atoms with E-state index >= 15 is 0 Å². The Morgan fingerprint density at radius 2 is 1.83 bits per heavy atom. The predicted molar refractivity (Wildman–Crippen MR) is 86.2 cm³/mol. The molecule has 0 bridgehead atoms. The molecule has 1 aliphatic heterocycles. The summed E-state index contributed by atoms with van der Waals surface area (Å²) in [5.41, 5.74) is 6.20. The summed E-state index contributed by atoms with van der Waals surface area (Å²) in [6, 6.07) is 6.05. The van der Waals surface area contributed by atoms with Crippen molar-refractivity contribution in [3.8, 4) is 0 Å². The Kier molecular flexibility index (Phi) is 6.89. The summed E-state index contributed by atoms with van der Waals surface area (Å²) in [4.78, 5) is 35.7. The molecule has 0 aromatic heterocycles. The first-order valence-electron chi connectivity index (χ1n) is 7.97. The van der Waals surface area contributed by atoms with Crippen molar-refractivity contribution in [2.75, 3.05) is 19.8 Å². The number of hydrogen-bond acceptors (Lipinski definition) is 5. The lowest BCUT2D eigenvalue weighted by atomic mass is 10.0. The zero-order valence-corrected chi connectivity index (χ0v) is 13.5. The van der Waals surface area contributed by atoms with Crippen LogP contribution < -0.4 is 11.1 Å². The van der Waals surface area contributed by atoms with Crippen molar-refractivity contribution >= 4 is 17.6 Å². The molecule has 1 atom stereocenters. The smallest absolute Gasteiger partial charge is 0.287 e. The number of Topliss-reactive ketones (excluding diaryl/α,β-unsaturated/α-hetero) is 1. The van der Waals surface area contributed by atoms with E-state index in [-0.39, 0.29) is 6.61 Å². The lowest BCUT2D eigenvalue weighted by Crippen LogP contribution is -2.46. The first-order valence-corrected chi connectivity index (χ1v) is 7.97. The van der Waals surface area contributed by atoms with Crippen molar-refractivity contribution in [2.45, 2.75) is 31.9 Å². The Balaban J connectivity index is 2.20.